The van der Waals surface area contributed by atoms with Gasteiger partial charge >= 0.3 is 5.97 Å². The third-order valence-electron chi connectivity index (χ3n) is 5.62. The van der Waals surface area contributed by atoms with Crippen LogP contribution in [0.5, 0.6) is 5.75 Å². The van der Waals surface area contributed by atoms with Crippen LogP contribution in [0.25, 0.3) is 0 Å². The van der Waals surface area contributed by atoms with Gasteiger partial charge in [0.05, 0.1) is 28.7 Å². The molecule has 1 fully saturated rings. The molecule has 11 heteroatoms. The lowest BCUT2D eigenvalue weighted by atomic mass is 9.98. The Bertz CT molecular complexity index is 1230. The van der Waals surface area contributed by atoms with Gasteiger partial charge in [0.1, 0.15) is 5.75 Å². The molecule has 0 unspecified atom stereocenters. The molecule has 0 bridgehead atoms. The van der Waals surface area contributed by atoms with E-state index in [0.717, 1.165) is 0 Å². The van der Waals surface area contributed by atoms with Gasteiger partial charge in [0, 0.05) is 18.8 Å². The summed E-state index contributed by atoms with van der Waals surface area (Å²) in [6.07, 6.45) is 1.05. The minimum absolute atomic E-state index is 0.0141. The number of sulfonamides is 1. The summed E-state index contributed by atoms with van der Waals surface area (Å²) in [7, 11) is -3.89. The van der Waals surface area contributed by atoms with Crippen molar-refractivity contribution in [3.8, 4) is 5.75 Å². The molecule has 4 rings (SSSR count). The van der Waals surface area contributed by atoms with Gasteiger partial charge in [-0.2, -0.15) is 4.31 Å². The van der Waals surface area contributed by atoms with Gasteiger partial charge in [-0.25, -0.2) is 13.2 Å². The molecule has 2 aromatic carbocycles. The third kappa shape index (κ3) is 5.05. The number of nitrogens with zero attached hydrogens (tertiary/aromatic N) is 1. The number of carbonyl (C=O) groups is 3. The van der Waals surface area contributed by atoms with E-state index in [2.05, 4.69) is 10.6 Å². The van der Waals surface area contributed by atoms with E-state index in [9.17, 15) is 22.8 Å². The van der Waals surface area contributed by atoms with Crippen molar-refractivity contribution >= 4 is 39.2 Å². The molecule has 1 atom stereocenters. The number of carbonyl (C=O) groups excluding carboxylic acids is 3. The predicted octanol–water partition coefficient (Wildman–Crippen LogP) is 2.23. The quantitative estimate of drug-likeness (QED) is 0.598. The fourth-order valence-corrected chi connectivity index (χ4v) is 5.48. The van der Waals surface area contributed by atoms with Crippen LogP contribution in [-0.4, -0.2) is 56.8 Å². The largest absolute Gasteiger partial charge is 0.482 e. The lowest BCUT2D eigenvalue weighted by Crippen LogP contribution is -2.43. The zero-order valence-corrected chi connectivity index (χ0v) is 19.4. The summed E-state index contributed by atoms with van der Waals surface area (Å²) in [6, 6.07) is 10.7. The van der Waals surface area contributed by atoms with Gasteiger partial charge in [-0.3, -0.25) is 9.59 Å². The number of hydrogen-bond acceptors (Lipinski definition) is 7. The normalized spacial score (nSPS) is 18.3. The Morgan fingerprint density at radius 1 is 1.24 bits per heavy atom. The van der Waals surface area contributed by atoms with Gasteiger partial charge in [-0.1, -0.05) is 6.07 Å². The van der Waals surface area contributed by atoms with E-state index in [-0.39, 0.29) is 43.0 Å². The SMILES string of the molecule is CCOC(=O)c1cccc(NC(=O)[C@@H]2CCCN(S(=O)(=O)c3ccc4c(c3)NC(=O)CO4)C2)c1. The Kier molecular flexibility index (Phi) is 6.85. The summed E-state index contributed by atoms with van der Waals surface area (Å²) < 4.78 is 38.1. The van der Waals surface area contributed by atoms with Crippen molar-refractivity contribution in [1.82, 2.24) is 4.31 Å². The van der Waals surface area contributed by atoms with Crippen LogP contribution in [-0.2, 0) is 24.3 Å². The van der Waals surface area contributed by atoms with Crippen molar-refractivity contribution in [2.75, 3.05) is 36.9 Å². The molecule has 10 nitrogen and oxygen atoms in total. The van der Waals surface area contributed by atoms with E-state index >= 15 is 0 Å². The fraction of sp³-hybridized carbons (Fsp3) is 0.348. The Balaban J connectivity index is 1.46. The maximum Gasteiger partial charge on any atom is 0.338 e. The summed E-state index contributed by atoms with van der Waals surface area (Å²) in [5, 5.41) is 5.38. The molecule has 1 saturated heterocycles. The minimum atomic E-state index is -3.89. The number of fused-ring (bicyclic) bond motifs is 1. The molecular formula is C23H25N3O7S. The van der Waals surface area contributed by atoms with E-state index < -0.39 is 21.9 Å². The second-order valence-electron chi connectivity index (χ2n) is 7.99. The van der Waals surface area contributed by atoms with Crippen molar-refractivity contribution in [2.24, 2.45) is 5.92 Å². The standard InChI is InChI=1S/C23H25N3O7S/c1-2-32-23(29)15-5-3-7-17(11-15)24-22(28)16-6-4-10-26(13-16)34(30,31)18-8-9-20-19(12-18)25-21(27)14-33-20/h3,5,7-9,11-12,16H,2,4,6,10,13-14H2,1H3,(H,24,28)(H,25,27)/t16-/m1/s1. The Labute approximate surface area is 197 Å². The number of benzene rings is 2. The first-order valence-corrected chi connectivity index (χ1v) is 12.4. The van der Waals surface area contributed by atoms with Gasteiger partial charge < -0.3 is 20.1 Å². The van der Waals surface area contributed by atoms with E-state index in [1.165, 1.54) is 28.6 Å². The Hall–Kier alpha value is -3.44. The summed E-state index contributed by atoms with van der Waals surface area (Å²) in [6.45, 7) is 2.13. The average molecular weight is 488 g/mol. The second-order valence-corrected chi connectivity index (χ2v) is 9.93. The Morgan fingerprint density at radius 3 is 2.85 bits per heavy atom. The summed E-state index contributed by atoms with van der Waals surface area (Å²) in [4.78, 5) is 36.4. The van der Waals surface area contributed by atoms with Gasteiger partial charge in [0.2, 0.25) is 15.9 Å². The molecule has 0 aliphatic carbocycles. The first-order valence-electron chi connectivity index (χ1n) is 10.9. The molecular weight excluding hydrogens is 462 g/mol. The molecule has 2 heterocycles. The van der Waals surface area contributed by atoms with E-state index in [4.69, 9.17) is 9.47 Å². The lowest BCUT2D eigenvalue weighted by Gasteiger charge is -2.31. The van der Waals surface area contributed by atoms with E-state index in [1.807, 2.05) is 0 Å². The first-order chi connectivity index (χ1) is 16.3. The van der Waals surface area contributed by atoms with Crippen molar-refractivity contribution in [3.05, 3.63) is 48.0 Å². The van der Waals surface area contributed by atoms with Crippen molar-refractivity contribution in [3.63, 3.8) is 0 Å². The maximum atomic E-state index is 13.3. The smallest absolute Gasteiger partial charge is 0.338 e. The molecule has 2 amide bonds. The van der Waals surface area contributed by atoms with Crippen LogP contribution >= 0.6 is 0 Å². The maximum absolute atomic E-state index is 13.3. The van der Waals surface area contributed by atoms with Crippen molar-refractivity contribution in [1.29, 1.82) is 0 Å². The van der Waals surface area contributed by atoms with Crippen LogP contribution in [0.4, 0.5) is 11.4 Å². The molecule has 2 aliphatic rings. The first kappa shape index (κ1) is 23.7. The number of esters is 1. The van der Waals surface area contributed by atoms with Gasteiger partial charge in [-0.05, 0) is 56.2 Å². The summed E-state index contributed by atoms with van der Waals surface area (Å²) in [5.41, 5.74) is 1.04. The van der Waals surface area contributed by atoms with Crippen LogP contribution in [0, 0.1) is 5.92 Å². The molecule has 0 radical (unpaired) electrons. The van der Waals surface area contributed by atoms with Gasteiger partial charge in [-0.15, -0.1) is 0 Å². The van der Waals surface area contributed by atoms with Crippen molar-refractivity contribution < 1.29 is 32.3 Å². The number of piperidine rings is 1. The monoisotopic (exact) mass is 487 g/mol. The number of hydrogen-bond donors (Lipinski definition) is 2. The van der Waals surface area contributed by atoms with E-state index in [0.29, 0.717) is 35.5 Å². The molecule has 34 heavy (non-hydrogen) atoms. The molecule has 0 saturated carbocycles. The molecule has 2 aromatic rings. The fourth-order valence-electron chi connectivity index (χ4n) is 3.93. The van der Waals surface area contributed by atoms with Crippen LogP contribution in [0.1, 0.15) is 30.1 Å². The van der Waals surface area contributed by atoms with Crippen molar-refractivity contribution in [2.45, 2.75) is 24.7 Å². The highest BCUT2D eigenvalue weighted by atomic mass is 32.2. The zero-order valence-electron chi connectivity index (χ0n) is 18.6. The van der Waals surface area contributed by atoms with Crippen LogP contribution in [0.15, 0.2) is 47.4 Å². The van der Waals surface area contributed by atoms with E-state index in [1.54, 1.807) is 25.1 Å². The number of ether oxygens (including phenoxy) is 2. The topological polar surface area (TPSA) is 131 Å². The van der Waals surface area contributed by atoms with Gasteiger partial charge in [0.15, 0.2) is 6.61 Å². The molecule has 2 aliphatic heterocycles. The molecule has 180 valence electrons. The number of nitrogens with one attached hydrogen (secondary N) is 2. The van der Waals surface area contributed by atoms with Crippen LogP contribution < -0.4 is 15.4 Å². The minimum Gasteiger partial charge on any atom is -0.482 e. The molecule has 0 spiro atoms. The predicted molar refractivity (Wildman–Crippen MR) is 123 cm³/mol. The average Bonchev–Trinajstić information content (AvgIpc) is 2.84. The van der Waals surface area contributed by atoms with Crippen LogP contribution in [0.3, 0.4) is 0 Å². The molecule has 0 aromatic heterocycles. The summed E-state index contributed by atoms with van der Waals surface area (Å²) >= 11 is 0. The highest BCUT2D eigenvalue weighted by Gasteiger charge is 2.34. The van der Waals surface area contributed by atoms with Crippen LogP contribution in [0.2, 0.25) is 0 Å². The Morgan fingerprint density at radius 2 is 2.06 bits per heavy atom. The highest BCUT2D eigenvalue weighted by molar-refractivity contribution is 7.89. The molecule has 2 N–H and O–H groups in total. The lowest BCUT2D eigenvalue weighted by molar-refractivity contribution is -0.121. The third-order valence-corrected chi connectivity index (χ3v) is 7.48. The number of amides is 2. The van der Waals surface area contributed by atoms with Gasteiger partial charge in [0.25, 0.3) is 5.91 Å². The number of rotatable bonds is 6. The zero-order chi connectivity index (χ0) is 24.3. The number of anilines is 2. The second kappa shape index (κ2) is 9.82. The highest BCUT2D eigenvalue weighted by Crippen LogP contribution is 2.32. The summed E-state index contributed by atoms with van der Waals surface area (Å²) in [5.74, 6) is -1.33.